The summed E-state index contributed by atoms with van der Waals surface area (Å²) in [7, 11) is 0. The van der Waals surface area contributed by atoms with Gasteiger partial charge in [0.05, 0.1) is 6.04 Å². The van der Waals surface area contributed by atoms with Crippen LogP contribution in [0.1, 0.15) is 64.1 Å². The Balaban J connectivity index is 1.62. The molecule has 0 radical (unpaired) electrons. The van der Waals surface area contributed by atoms with Crippen LogP contribution in [0.2, 0.25) is 5.02 Å². The molecule has 0 aromatic heterocycles. The minimum atomic E-state index is -0.0775. The largest absolute Gasteiger partial charge is 0.335 e. The van der Waals surface area contributed by atoms with Crippen molar-refractivity contribution in [3.63, 3.8) is 0 Å². The zero-order valence-electron chi connectivity index (χ0n) is 15.0. The van der Waals surface area contributed by atoms with Gasteiger partial charge in [-0.25, -0.2) is 4.79 Å². The molecule has 1 aromatic carbocycles. The van der Waals surface area contributed by atoms with Gasteiger partial charge in [-0.15, -0.1) is 0 Å². The number of halogens is 1. The van der Waals surface area contributed by atoms with Crippen LogP contribution in [0.25, 0.3) is 0 Å². The first-order valence-corrected chi connectivity index (χ1v) is 9.17. The lowest BCUT2D eigenvalue weighted by atomic mass is 9.80. The minimum absolute atomic E-state index is 0.0210. The molecule has 0 unspecified atom stereocenters. The molecule has 0 bridgehead atoms. The first kappa shape index (κ1) is 17.6. The van der Waals surface area contributed by atoms with Crippen LogP contribution in [0, 0.1) is 0 Å². The summed E-state index contributed by atoms with van der Waals surface area (Å²) in [6, 6.07) is 6.10. The number of fused-ring (bicyclic) bond motifs is 1. The molecule has 0 spiro atoms. The number of piperidine rings is 1. The van der Waals surface area contributed by atoms with Crippen LogP contribution in [-0.4, -0.2) is 23.2 Å². The Hall–Kier alpha value is -1.26. The van der Waals surface area contributed by atoms with Crippen molar-refractivity contribution in [2.45, 2.75) is 76.5 Å². The van der Waals surface area contributed by atoms with Gasteiger partial charge in [-0.05, 0) is 70.6 Å². The van der Waals surface area contributed by atoms with Gasteiger partial charge in [0.1, 0.15) is 0 Å². The molecule has 4 nitrogen and oxygen atoms in total. The highest BCUT2D eigenvalue weighted by molar-refractivity contribution is 6.31. The molecular formula is C19H28ClN3O. The fourth-order valence-electron chi connectivity index (χ4n) is 4.57. The molecule has 2 amide bonds. The second kappa shape index (κ2) is 6.23. The zero-order chi connectivity index (χ0) is 17.5. The van der Waals surface area contributed by atoms with Gasteiger partial charge in [0.15, 0.2) is 0 Å². The van der Waals surface area contributed by atoms with E-state index in [0.29, 0.717) is 0 Å². The quantitative estimate of drug-likeness (QED) is 0.757. The molecule has 3 rings (SSSR count). The lowest BCUT2D eigenvalue weighted by Crippen LogP contribution is -2.62. The van der Waals surface area contributed by atoms with E-state index in [9.17, 15) is 4.79 Å². The van der Waals surface area contributed by atoms with Crippen molar-refractivity contribution < 1.29 is 4.79 Å². The van der Waals surface area contributed by atoms with E-state index in [1.54, 1.807) is 0 Å². The number of amides is 2. The van der Waals surface area contributed by atoms with Crippen LogP contribution in [0.15, 0.2) is 18.2 Å². The van der Waals surface area contributed by atoms with Gasteiger partial charge in [-0.3, -0.25) is 0 Å². The van der Waals surface area contributed by atoms with Crippen molar-refractivity contribution in [3.8, 4) is 0 Å². The van der Waals surface area contributed by atoms with E-state index < -0.39 is 0 Å². The van der Waals surface area contributed by atoms with Crippen LogP contribution in [0.3, 0.4) is 0 Å². The summed E-state index contributed by atoms with van der Waals surface area (Å²) >= 11 is 6.25. The third kappa shape index (κ3) is 3.86. The molecule has 1 aliphatic heterocycles. The van der Waals surface area contributed by atoms with E-state index in [2.05, 4.69) is 49.7 Å². The Kier molecular flexibility index (Phi) is 4.56. The van der Waals surface area contributed by atoms with E-state index in [4.69, 9.17) is 11.6 Å². The second-order valence-corrected chi connectivity index (χ2v) is 8.92. The number of carbonyl (C=O) groups is 1. The molecular weight excluding hydrogens is 322 g/mol. The molecule has 1 atom stereocenters. The zero-order valence-corrected chi connectivity index (χ0v) is 15.8. The van der Waals surface area contributed by atoms with Crippen molar-refractivity contribution in [2.75, 3.05) is 0 Å². The third-order valence-corrected chi connectivity index (χ3v) is 5.40. The third-order valence-electron chi connectivity index (χ3n) is 5.04. The number of nitrogens with one attached hydrogen (secondary N) is 3. The van der Waals surface area contributed by atoms with Gasteiger partial charge in [0.2, 0.25) is 0 Å². The van der Waals surface area contributed by atoms with Crippen LogP contribution < -0.4 is 16.0 Å². The van der Waals surface area contributed by atoms with Gasteiger partial charge in [0, 0.05) is 22.1 Å². The molecule has 132 valence electrons. The molecule has 1 saturated heterocycles. The molecule has 1 aromatic rings. The van der Waals surface area contributed by atoms with Crippen molar-refractivity contribution in [2.24, 2.45) is 0 Å². The van der Waals surface area contributed by atoms with Crippen molar-refractivity contribution in [1.82, 2.24) is 16.0 Å². The van der Waals surface area contributed by atoms with Crippen molar-refractivity contribution >= 4 is 17.6 Å². The monoisotopic (exact) mass is 349 g/mol. The van der Waals surface area contributed by atoms with E-state index in [1.165, 1.54) is 5.56 Å². The molecule has 1 aliphatic carbocycles. The number of urea groups is 1. The standard InChI is InChI=1S/C19H28ClN3O/c1-18(2)10-12(11-19(3,4)23-18)21-17(24)22-16-9-8-13-14(16)6-5-7-15(13)20/h5-7,12,16,23H,8-11H2,1-4H3,(H2,21,22,24)/t16-/m0/s1. The van der Waals surface area contributed by atoms with Gasteiger partial charge in [-0.2, -0.15) is 0 Å². The van der Waals surface area contributed by atoms with Gasteiger partial charge in [0.25, 0.3) is 0 Å². The van der Waals surface area contributed by atoms with Crippen molar-refractivity contribution in [3.05, 3.63) is 34.3 Å². The lowest BCUT2D eigenvalue weighted by molar-refractivity contribution is 0.147. The average molecular weight is 350 g/mol. The molecule has 2 aliphatic rings. The molecule has 1 fully saturated rings. The van der Waals surface area contributed by atoms with E-state index in [0.717, 1.165) is 36.3 Å². The first-order chi connectivity index (χ1) is 11.2. The molecule has 5 heteroatoms. The highest BCUT2D eigenvalue weighted by Crippen LogP contribution is 2.35. The SMILES string of the molecule is CC1(C)CC(NC(=O)N[C@H]2CCc3c(Cl)cccc32)CC(C)(C)N1. The number of benzene rings is 1. The number of hydrogen-bond acceptors (Lipinski definition) is 2. The molecule has 3 N–H and O–H groups in total. The maximum absolute atomic E-state index is 12.5. The predicted octanol–water partition coefficient (Wildman–Crippen LogP) is 3.94. The summed E-state index contributed by atoms with van der Waals surface area (Å²) in [5, 5.41) is 10.8. The van der Waals surface area contributed by atoms with E-state index in [-0.39, 0.29) is 29.2 Å². The Morgan fingerprint density at radius 1 is 1.17 bits per heavy atom. The second-order valence-electron chi connectivity index (χ2n) is 8.51. The minimum Gasteiger partial charge on any atom is -0.335 e. The number of hydrogen-bond donors (Lipinski definition) is 3. The van der Waals surface area contributed by atoms with Gasteiger partial charge < -0.3 is 16.0 Å². The maximum Gasteiger partial charge on any atom is 0.315 e. The number of rotatable bonds is 2. The van der Waals surface area contributed by atoms with Crippen LogP contribution in [0.5, 0.6) is 0 Å². The smallest absolute Gasteiger partial charge is 0.315 e. The maximum atomic E-state index is 12.5. The Morgan fingerprint density at radius 2 is 1.83 bits per heavy atom. The fourth-order valence-corrected chi connectivity index (χ4v) is 4.85. The average Bonchev–Trinajstić information content (AvgIpc) is 2.79. The normalized spacial score (nSPS) is 25.1. The summed E-state index contributed by atoms with van der Waals surface area (Å²) in [6.45, 7) is 8.76. The molecule has 1 heterocycles. The Labute approximate surface area is 149 Å². The van der Waals surface area contributed by atoms with Gasteiger partial charge in [-0.1, -0.05) is 23.7 Å². The number of carbonyl (C=O) groups excluding carboxylic acids is 1. The van der Waals surface area contributed by atoms with E-state index >= 15 is 0 Å². The Bertz CT molecular complexity index is 625. The lowest BCUT2D eigenvalue weighted by Gasteiger charge is -2.46. The summed E-state index contributed by atoms with van der Waals surface area (Å²) in [5.41, 5.74) is 2.37. The van der Waals surface area contributed by atoms with Crippen LogP contribution in [0.4, 0.5) is 4.79 Å². The Morgan fingerprint density at radius 3 is 2.50 bits per heavy atom. The summed E-state index contributed by atoms with van der Waals surface area (Å²) < 4.78 is 0. The predicted molar refractivity (Wildman–Crippen MR) is 98.5 cm³/mol. The van der Waals surface area contributed by atoms with Gasteiger partial charge >= 0.3 is 6.03 Å². The summed E-state index contributed by atoms with van der Waals surface area (Å²) in [5.74, 6) is 0. The fraction of sp³-hybridized carbons (Fsp3) is 0.632. The van der Waals surface area contributed by atoms with Crippen LogP contribution in [-0.2, 0) is 6.42 Å². The first-order valence-electron chi connectivity index (χ1n) is 8.79. The van der Waals surface area contributed by atoms with Crippen LogP contribution >= 0.6 is 11.6 Å². The molecule has 0 saturated carbocycles. The topological polar surface area (TPSA) is 53.2 Å². The summed E-state index contributed by atoms with van der Waals surface area (Å²) in [6.07, 6.45) is 3.69. The molecule has 24 heavy (non-hydrogen) atoms. The highest BCUT2D eigenvalue weighted by Gasteiger charge is 2.38. The highest BCUT2D eigenvalue weighted by atomic mass is 35.5. The summed E-state index contributed by atoms with van der Waals surface area (Å²) in [4.78, 5) is 12.5. The van der Waals surface area contributed by atoms with Crippen molar-refractivity contribution in [1.29, 1.82) is 0 Å². The van der Waals surface area contributed by atoms with E-state index in [1.807, 2.05) is 12.1 Å².